The van der Waals surface area contributed by atoms with Crippen molar-refractivity contribution in [1.29, 1.82) is 0 Å². The van der Waals surface area contributed by atoms with Crippen LogP contribution >= 0.6 is 0 Å². The number of hydrogen-bond acceptors (Lipinski definition) is 4. The molecule has 0 saturated carbocycles. The molecular formula is C15H28N2O2. The first-order valence-electron chi connectivity index (χ1n) is 7.87. The summed E-state index contributed by atoms with van der Waals surface area (Å²) in [4.78, 5) is 2.54. The van der Waals surface area contributed by atoms with Gasteiger partial charge in [0.2, 0.25) is 0 Å². The molecule has 0 spiro atoms. The number of rotatable bonds is 3. The molecule has 3 aliphatic rings. The molecule has 3 heterocycles. The maximum atomic E-state index is 6.35. The zero-order chi connectivity index (χ0) is 13.5. The largest absolute Gasteiger partial charge is 0.372 e. The van der Waals surface area contributed by atoms with Gasteiger partial charge in [-0.3, -0.25) is 4.90 Å². The van der Waals surface area contributed by atoms with Gasteiger partial charge < -0.3 is 14.8 Å². The minimum atomic E-state index is 0.229. The lowest BCUT2D eigenvalue weighted by molar-refractivity contribution is -0.0435. The van der Waals surface area contributed by atoms with Gasteiger partial charge in [0.1, 0.15) is 0 Å². The Morgan fingerprint density at radius 2 is 2.00 bits per heavy atom. The van der Waals surface area contributed by atoms with E-state index >= 15 is 0 Å². The van der Waals surface area contributed by atoms with Crippen LogP contribution in [0, 0.1) is 5.41 Å². The first kappa shape index (κ1) is 13.8. The van der Waals surface area contributed by atoms with E-state index in [-0.39, 0.29) is 11.5 Å². The highest BCUT2D eigenvalue weighted by Gasteiger charge is 2.57. The Morgan fingerprint density at radius 3 is 2.68 bits per heavy atom. The van der Waals surface area contributed by atoms with Crippen LogP contribution in [0.25, 0.3) is 0 Å². The Labute approximate surface area is 116 Å². The molecule has 0 aliphatic carbocycles. The third-order valence-corrected chi connectivity index (χ3v) is 5.24. The maximum absolute atomic E-state index is 6.35. The second-order valence-corrected chi connectivity index (χ2v) is 6.68. The minimum Gasteiger partial charge on any atom is -0.372 e. The summed E-state index contributed by atoms with van der Waals surface area (Å²) in [6, 6.07) is 0. The lowest BCUT2D eigenvalue weighted by Crippen LogP contribution is -2.46. The second-order valence-electron chi connectivity index (χ2n) is 6.68. The maximum Gasteiger partial charge on any atom is 0.0917 e. The van der Waals surface area contributed by atoms with Gasteiger partial charge in [0.15, 0.2) is 0 Å². The molecule has 0 aromatic heterocycles. The molecule has 1 unspecified atom stereocenters. The predicted octanol–water partition coefficient (Wildman–Crippen LogP) is 1.25. The van der Waals surface area contributed by atoms with Gasteiger partial charge in [-0.15, -0.1) is 0 Å². The van der Waals surface area contributed by atoms with Crippen LogP contribution in [-0.4, -0.2) is 62.0 Å². The van der Waals surface area contributed by atoms with E-state index in [0.717, 1.165) is 45.6 Å². The molecule has 0 bridgehead atoms. The first-order chi connectivity index (χ1) is 9.13. The van der Waals surface area contributed by atoms with Crippen LogP contribution in [-0.2, 0) is 9.47 Å². The monoisotopic (exact) mass is 268 g/mol. The van der Waals surface area contributed by atoms with E-state index < -0.39 is 0 Å². The van der Waals surface area contributed by atoms with Crippen LogP contribution in [0.4, 0.5) is 0 Å². The number of nitrogens with one attached hydrogen (secondary N) is 1. The van der Waals surface area contributed by atoms with Gasteiger partial charge in [-0.25, -0.2) is 0 Å². The zero-order valence-corrected chi connectivity index (χ0v) is 12.5. The van der Waals surface area contributed by atoms with Crippen molar-refractivity contribution in [3.63, 3.8) is 0 Å². The average Bonchev–Trinajstić information content (AvgIpc) is 2.84. The molecule has 0 aromatic rings. The van der Waals surface area contributed by atoms with Crippen LogP contribution in [0.5, 0.6) is 0 Å². The lowest BCUT2D eigenvalue weighted by Gasteiger charge is -2.30. The standard InChI is InChI=1S/C15H28N2O2/c1-4-13-15(3)9-12(19-14(15)11(2)18-13)10-17-7-5-16-6-8-17/h11-14,16H,4-10H2,1-3H3/t11-,12+,13+,14?,15+/m0/s1. The Balaban J connectivity index is 1.62. The summed E-state index contributed by atoms with van der Waals surface area (Å²) in [6.07, 6.45) is 3.58. The molecule has 0 amide bonds. The highest BCUT2D eigenvalue weighted by molar-refractivity contribution is 5.05. The van der Waals surface area contributed by atoms with Crippen LogP contribution in [0.2, 0.25) is 0 Å². The van der Waals surface area contributed by atoms with Gasteiger partial charge >= 0.3 is 0 Å². The SMILES string of the molecule is CC[C@H]1O[C@@H](C)C2O[C@@H](CN3CCNCC3)C[C@@]21C. The van der Waals surface area contributed by atoms with Crippen molar-refractivity contribution in [1.82, 2.24) is 10.2 Å². The molecule has 3 aliphatic heterocycles. The van der Waals surface area contributed by atoms with E-state index in [1.807, 2.05) is 0 Å². The van der Waals surface area contributed by atoms with E-state index in [1.54, 1.807) is 0 Å². The lowest BCUT2D eigenvalue weighted by atomic mass is 9.76. The molecule has 4 heteroatoms. The molecule has 19 heavy (non-hydrogen) atoms. The van der Waals surface area contributed by atoms with Crippen molar-refractivity contribution in [2.75, 3.05) is 32.7 Å². The summed E-state index contributed by atoms with van der Waals surface area (Å²) in [5.74, 6) is 0. The molecule has 3 rings (SSSR count). The van der Waals surface area contributed by atoms with Crippen LogP contribution in [0.1, 0.15) is 33.6 Å². The third kappa shape index (κ3) is 2.44. The van der Waals surface area contributed by atoms with Crippen LogP contribution < -0.4 is 5.32 Å². The molecule has 4 nitrogen and oxygen atoms in total. The smallest absolute Gasteiger partial charge is 0.0917 e. The van der Waals surface area contributed by atoms with Gasteiger partial charge in [-0.1, -0.05) is 13.8 Å². The second kappa shape index (κ2) is 5.32. The van der Waals surface area contributed by atoms with Crippen LogP contribution in [0.3, 0.4) is 0 Å². The molecule has 3 fully saturated rings. The molecule has 0 aromatic carbocycles. The fourth-order valence-electron chi connectivity index (χ4n) is 4.32. The number of fused-ring (bicyclic) bond motifs is 1. The molecule has 1 N–H and O–H groups in total. The van der Waals surface area contributed by atoms with Gasteiger partial charge in [0, 0.05) is 38.1 Å². The molecule has 110 valence electrons. The average molecular weight is 268 g/mol. The number of hydrogen-bond donors (Lipinski definition) is 1. The fourth-order valence-corrected chi connectivity index (χ4v) is 4.32. The third-order valence-electron chi connectivity index (χ3n) is 5.24. The van der Waals surface area contributed by atoms with E-state index in [2.05, 4.69) is 31.0 Å². The number of piperazine rings is 1. The summed E-state index contributed by atoms with van der Waals surface area (Å²) in [5, 5.41) is 3.41. The van der Waals surface area contributed by atoms with Crippen LogP contribution in [0.15, 0.2) is 0 Å². The highest BCUT2D eigenvalue weighted by Crippen LogP contribution is 2.50. The van der Waals surface area contributed by atoms with Crippen molar-refractivity contribution in [2.45, 2.75) is 58.0 Å². The van der Waals surface area contributed by atoms with E-state index in [1.165, 1.54) is 0 Å². The molecule has 0 radical (unpaired) electrons. The van der Waals surface area contributed by atoms with Gasteiger partial charge in [0.25, 0.3) is 0 Å². The van der Waals surface area contributed by atoms with Crippen molar-refractivity contribution >= 4 is 0 Å². The van der Waals surface area contributed by atoms with E-state index in [0.29, 0.717) is 18.3 Å². The normalized spacial score (nSPS) is 47.5. The van der Waals surface area contributed by atoms with Gasteiger partial charge in [-0.05, 0) is 19.8 Å². The summed E-state index contributed by atoms with van der Waals surface area (Å²) >= 11 is 0. The summed E-state index contributed by atoms with van der Waals surface area (Å²) in [7, 11) is 0. The Bertz CT molecular complexity index is 319. The summed E-state index contributed by atoms with van der Waals surface area (Å²) in [6.45, 7) is 12.4. The van der Waals surface area contributed by atoms with Crippen molar-refractivity contribution in [3.05, 3.63) is 0 Å². The predicted molar refractivity (Wildman–Crippen MR) is 75.3 cm³/mol. The molecule has 3 saturated heterocycles. The van der Waals surface area contributed by atoms with Crippen molar-refractivity contribution in [3.8, 4) is 0 Å². The quantitative estimate of drug-likeness (QED) is 0.835. The summed E-state index contributed by atoms with van der Waals surface area (Å²) < 4.78 is 12.4. The number of nitrogens with zero attached hydrogens (tertiary/aromatic N) is 1. The first-order valence-corrected chi connectivity index (χ1v) is 7.87. The zero-order valence-electron chi connectivity index (χ0n) is 12.5. The fraction of sp³-hybridized carbons (Fsp3) is 1.00. The topological polar surface area (TPSA) is 33.7 Å². The van der Waals surface area contributed by atoms with Crippen molar-refractivity contribution in [2.24, 2.45) is 5.41 Å². The van der Waals surface area contributed by atoms with Gasteiger partial charge in [-0.2, -0.15) is 0 Å². The van der Waals surface area contributed by atoms with Gasteiger partial charge in [0.05, 0.1) is 24.4 Å². The Kier molecular flexibility index (Phi) is 3.87. The Morgan fingerprint density at radius 1 is 1.26 bits per heavy atom. The molecular weight excluding hydrogens is 240 g/mol. The number of ether oxygens (including phenoxy) is 2. The summed E-state index contributed by atoms with van der Waals surface area (Å²) in [5.41, 5.74) is 0.229. The van der Waals surface area contributed by atoms with Crippen molar-refractivity contribution < 1.29 is 9.47 Å². The van der Waals surface area contributed by atoms with E-state index in [9.17, 15) is 0 Å². The Hall–Kier alpha value is -0.160. The minimum absolute atomic E-state index is 0.229. The molecule has 5 atom stereocenters. The highest BCUT2D eigenvalue weighted by atomic mass is 16.6. The van der Waals surface area contributed by atoms with E-state index in [4.69, 9.17) is 9.47 Å².